The molecule has 3 rings (SSSR count). The highest BCUT2D eigenvalue weighted by molar-refractivity contribution is 6.06. The monoisotopic (exact) mass is 345 g/mol. The molecule has 0 unspecified atom stereocenters. The van der Waals surface area contributed by atoms with E-state index in [-0.39, 0.29) is 24.8 Å². The van der Waals surface area contributed by atoms with E-state index < -0.39 is 5.97 Å². The van der Waals surface area contributed by atoms with Crippen LogP contribution in [0.25, 0.3) is 11.1 Å². The number of carboxylic acids is 1. The molecule has 25 heavy (non-hydrogen) atoms. The Morgan fingerprint density at radius 1 is 1.40 bits per heavy atom. The number of carbonyl (C=O) groups excluding carboxylic acids is 1. The fraction of sp³-hybridized carbons (Fsp3) is 0.556. The number of aryl methyl sites for hydroxylation is 1. The number of nitrogens with zero attached hydrogens (tertiary/aromatic N) is 3. The van der Waals surface area contributed by atoms with Crippen LogP contribution < -0.4 is 0 Å². The number of carboxylic acid groups (broad SMARTS) is 1. The molecule has 7 nitrogen and oxygen atoms in total. The molecule has 2 aromatic heterocycles. The lowest BCUT2D eigenvalue weighted by atomic mass is 10.1. The topological polar surface area (TPSA) is 96.5 Å². The molecule has 0 radical (unpaired) electrons. The molecular weight excluding hydrogens is 322 g/mol. The lowest BCUT2D eigenvalue weighted by Gasteiger charge is -2.24. The van der Waals surface area contributed by atoms with Crippen LogP contribution in [0.5, 0.6) is 0 Å². The van der Waals surface area contributed by atoms with Crippen molar-refractivity contribution >= 4 is 23.0 Å². The van der Waals surface area contributed by atoms with Crippen molar-refractivity contribution in [2.75, 3.05) is 13.1 Å². The number of hydrogen-bond acceptors (Lipinski definition) is 5. The highest BCUT2D eigenvalue weighted by Crippen LogP contribution is 2.40. The van der Waals surface area contributed by atoms with E-state index in [9.17, 15) is 9.59 Å². The van der Waals surface area contributed by atoms with E-state index in [2.05, 4.69) is 10.1 Å². The Hall–Kier alpha value is -2.44. The minimum Gasteiger partial charge on any atom is -0.481 e. The maximum absolute atomic E-state index is 13.2. The summed E-state index contributed by atoms with van der Waals surface area (Å²) in [5.74, 6) is -0.489. The number of carbonyl (C=O) groups is 2. The lowest BCUT2D eigenvalue weighted by molar-refractivity contribution is -0.137. The first-order chi connectivity index (χ1) is 11.9. The maximum atomic E-state index is 13.2. The second-order valence-corrected chi connectivity index (χ2v) is 7.11. The van der Waals surface area contributed by atoms with Gasteiger partial charge in [0.25, 0.3) is 11.6 Å². The Bertz CT molecular complexity index is 808. The van der Waals surface area contributed by atoms with Crippen molar-refractivity contribution < 1.29 is 19.2 Å². The SMILES string of the molecule is Cc1noc2nc(C3CC3)cc(C(=O)N(CCC(=O)O)CC(C)C)c12. The van der Waals surface area contributed by atoms with Gasteiger partial charge in [0, 0.05) is 24.7 Å². The second-order valence-electron chi connectivity index (χ2n) is 7.11. The summed E-state index contributed by atoms with van der Waals surface area (Å²) in [5, 5.41) is 13.6. The van der Waals surface area contributed by atoms with Gasteiger partial charge in [-0.3, -0.25) is 9.59 Å². The molecule has 1 aliphatic rings. The Kier molecular flexibility index (Phi) is 4.74. The standard InChI is InChI=1S/C18H23N3O4/c1-10(2)9-21(7-6-15(22)23)18(24)13-8-14(12-4-5-12)19-17-16(13)11(3)20-25-17/h8,10,12H,4-7,9H2,1-3H3,(H,22,23). The number of aromatic nitrogens is 2. The molecule has 1 N–H and O–H groups in total. The Morgan fingerprint density at radius 2 is 2.12 bits per heavy atom. The summed E-state index contributed by atoms with van der Waals surface area (Å²) in [4.78, 5) is 30.2. The van der Waals surface area contributed by atoms with Crippen LogP contribution in [0.1, 0.15) is 60.8 Å². The molecule has 1 aliphatic carbocycles. The Labute approximate surface area is 146 Å². The minimum absolute atomic E-state index is 0.0786. The third kappa shape index (κ3) is 3.81. The van der Waals surface area contributed by atoms with E-state index in [1.54, 1.807) is 11.8 Å². The molecule has 0 spiro atoms. The number of pyridine rings is 1. The van der Waals surface area contributed by atoms with Gasteiger partial charge in [-0.15, -0.1) is 0 Å². The van der Waals surface area contributed by atoms with Crippen LogP contribution in [0.2, 0.25) is 0 Å². The fourth-order valence-electron chi connectivity index (χ4n) is 2.99. The molecule has 0 aromatic carbocycles. The molecule has 2 aromatic rings. The molecule has 1 fully saturated rings. The zero-order valence-electron chi connectivity index (χ0n) is 14.8. The highest BCUT2D eigenvalue weighted by atomic mass is 16.5. The highest BCUT2D eigenvalue weighted by Gasteiger charge is 2.30. The molecule has 0 bridgehead atoms. The van der Waals surface area contributed by atoms with E-state index in [1.165, 1.54) is 0 Å². The van der Waals surface area contributed by atoms with Crippen LogP contribution >= 0.6 is 0 Å². The first-order valence-corrected chi connectivity index (χ1v) is 8.64. The van der Waals surface area contributed by atoms with Gasteiger partial charge in [0.1, 0.15) is 0 Å². The average Bonchev–Trinajstić information content (AvgIpc) is 3.34. The van der Waals surface area contributed by atoms with Crippen molar-refractivity contribution in [2.24, 2.45) is 5.92 Å². The van der Waals surface area contributed by atoms with Crippen LogP contribution in [0.15, 0.2) is 10.6 Å². The summed E-state index contributed by atoms with van der Waals surface area (Å²) in [6.07, 6.45) is 2.05. The summed E-state index contributed by atoms with van der Waals surface area (Å²) in [7, 11) is 0. The normalized spacial score (nSPS) is 14.2. The van der Waals surface area contributed by atoms with Crippen LogP contribution in [0.3, 0.4) is 0 Å². The number of fused-ring (bicyclic) bond motifs is 1. The fourth-order valence-corrected chi connectivity index (χ4v) is 2.99. The summed E-state index contributed by atoms with van der Waals surface area (Å²) < 4.78 is 5.29. The van der Waals surface area contributed by atoms with E-state index in [0.29, 0.717) is 34.8 Å². The predicted molar refractivity (Wildman–Crippen MR) is 91.5 cm³/mol. The molecule has 0 atom stereocenters. The molecule has 2 heterocycles. The Balaban J connectivity index is 2.00. The van der Waals surface area contributed by atoms with Gasteiger partial charge in [0.15, 0.2) is 0 Å². The first-order valence-electron chi connectivity index (χ1n) is 8.64. The smallest absolute Gasteiger partial charge is 0.305 e. The number of rotatable bonds is 7. The van der Waals surface area contributed by atoms with Gasteiger partial charge < -0.3 is 14.5 Å². The van der Waals surface area contributed by atoms with Crippen molar-refractivity contribution in [1.82, 2.24) is 15.0 Å². The zero-order chi connectivity index (χ0) is 18.1. The van der Waals surface area contributed by atoms with Crippen molar-refractivity contribution in [3.63, 3.8) is 0 Å². The number of aliphatic carboxylic acids is 1. The van der Waals surface area contributed by atoms with Crippen molar-refractivity contribution in [1.29, 1.82) is 0 Å². The molecule has 134 valence electrons. The minimum atomic E-state index is -0.916. The number of hydrogen-bond donors (Lipinski definition) is 1. The molecular formula is C18H23N3O4. The van der Waals surface area contributed by atoms with Gasteiger partial charge in [0.05, 0.1) is 23.1 Å². The van der Waals surface area contributed by atoms with Gasteiger partial charge in [0.2, 0.25) is 0 Å². The van der Waals surface area contributed by atoms with Crippen LogP contribution in [-0.2, 0) is 4.79 Å². The summed E-state index contributed by atoms with van der Waals surface area (Å²) in [6, 6.07) is 1.83. The second kappa shape index (κ2) is 6.82. The molecule has 0 aliphatic heterocycles. The van der Waals surface area contributed by atoms with Crippen LogP contribution in [0, 0.1) is 12.8 Å². The van der Waals surface area contributed by atoms with Crippen LogP contribution in [-0.4, -0.2) is 45.1 Å². The third-order valence-electron chi connectivity index (χ3n) is 4.33. The van der Waals surface area contributed by atoms with Crippen molar-refractivity contribution in [3.05, 3.63) is 23.0 Å². The quantitative estimate of drug-likeness (QED) is 0.828. The van der Waals surface area contributed by atoms with E-state index in [4.69, 9.17) is 9.63 Å². The van der Waals surface area contributed by atoms with Gasteiger partial charge >= 0.3 is 5.97 Å². The predicted octanol–water partition coefficient (Wildman–Crippen LogP) is 2.98. The van der Waals surface area contributed by atoms with Crippen LogP contribution in [0.4, 0.5) is 0 Å². The molecule has 1 amide bonds. The van der Waals surface area contributed by atoms with Gasteiger partial charge in [-0.05, 0) is 31.7 Å². The third-order valence-corrected chi connectivity index (χ3v) is 4.33. The van der Waals surface area contributed by atoms with Crippen molar-refractivity contribution in [2.45, 2.75) is 46.0 Å². The summed E-state index contributed by atoms with van der Waals surface area (Å²) in [6.45, 7) is 6.47. The summed E-state index contributed by atoms with van der Waals surface area (Å²) in [5.41, 5.74) is 2.37. The molecule has 1 saturated carbocycles. The Morgan fingerprint density at radius 3 is 2.72 bits per heavy atom. The average molecular weight is 345 g/mol. The van der Waals surface area contributed by atoms with Gasteiger partial charge in [-0.1, -0.05) is 19.0 Å². The van der Waals surface area contributed by atoms with E-state index in [0.717, 1.165) is 18.5 Å². The van der Waals surface area contributed by atoms with E-state index >= 15 is 0 Å². The largest absolute Gasteiger partial charge is 0.481 e. The van der Waals surface area contributed by atoms with Gasteiger partial charge in [-0.25, -0.2) is 4.98 Å². The lowest BCUT2D eigenvalue weighted by Crippen LogP contribution is -2.36. The number of amides is 1. The molecule has 7 heteroatoms. The maximum Gasteiger partial charge on any atom is 0.305 e. The molecule has 0 saturated heterocycles. The zero-order valence-corrected chi connectivity index (χ0v) is 14.8. The van der Waals surface area contributed by atoms with Gasteiger partial charge in [-0.2, -0.15) is 0 Å². The van der Waals surface area contributed by atoms with Crippen molar-refractivity contribution in [3.8, 4) is 0 Å². The van der Waals surface area contributed by atoms with E-state index in [1.807, 2.05) is 19.9 Å². The first kappa shape index (κ1) is 17.4. The summed E-state index contributed by atoms with van der Waals surface area (Å²) >= 11 is 0.